The van der Waals surface area contributed by atoms with Gasteiger partial charge in [-0.05, 0) is 71.5 Å². The van der Waals surface area contributed by atoms with Gasteiger partial charge in [-0.3, -0.25) is 4.79 Å². The molecule has 1 amide bonds. The van der Waals surface area contributed by atoms with E-state index >= 15 is 0 Å². The summed E-state index contributed by atoms with van der Waals surface area (Å²) in [6.45, 7) is 2.01. The van der Waals surface area contributed by atoms with Gasteiger partial charge in [-0.15, -0.1) is 5.10 Å². The number of nitrogens with zero attached hydrogens (tertiary/aromatic N) is 4. The summed E-state index contributed by atoms with van der Waals surface area (Å²) in [5.41, 5.74) is 5.59. The predicted octanol–water partition coefficient (Wildman–Crippen LogP) is 3.19. The molecule has 0 unspecified atom stereocenters. The van der Waals surface area contributed by atoms with E-state index in [0.29, 0.717) is 5.16 Å². The molecule has 0 spiro atoms. The van der Waals surface area contributed by atoms with Crippen LogP contribution in [0.25, 0.3) is 5.69 Å². The molecule has 1 aliphatic rings. The molecule has 0 saturated heterocycles. The van der Waals surface area contributed by atoms with Crippen LogP contribution >= 0.6 is 11.8 Å². The Morgan fingerprint density at radius 3 is 2.92 bits per heavy atom. The van der Waals surface area contributed by atoms with E-state index < -0.39 is 0 Å². The van der Waals surface area contributed by atoms with Crippen LogP contribution in [0.1, 0.15) is 23.1 Å². The van der Waals surface area contributed by atoms with Gasteiger partial charge in [0.1, 0.15) is 0 Å². The van der Waals surface area contributed by atoms with Gasteiger partial charge in [0, 0.05) is 5.69 Å². The van der Waals surface area contributed by atoms with E-state index in [2.05, 4.69) is 33.0 Å². The lowest BCUT2D eigenvalue weighted by Gasteiger charge is -2.08. The van der Waals surface area contributed by atoms with Gasteiger partial charge in [-0.25, -0.2) is 0 Å². The molecule has 1 heterocycles. The molecule has 6 nitrogen and oxygen atoms in total. The second-order valence-corrected chi connectivity index (χ2v) is 7.28. The molecule has 0 fully saturated rings. The highest BCUT2D eigenvalue weighted by Crippen LogP contribution is 2.25. The highest BCUT2D eigenvalue weighted by atomic mass is 32.2. The van der Waals surface area contributed by atoms with Crippen molar-refractivity contribution in [3.05, 3.63) is 59.2 Å². The van der Waals surface area contributed by atoms with E-state index in [9.17, 15) is 4.79 Å². The summed E-state index contributed by atoms with van der Waals surface area (Å²) in [4.78, 5) is 12.3. The molecule has 1 aliphatic carbocycles. The van der Waals surface area contributed by atoms with Gasteiger partial charge in [0.2, 0.25) is 11.1 Å². The molecular formula is C19H19N5OS. The Bertz CT molecular complexity index is 953. The number of rotatable bonds is 5. The maximum Gasteiger partial charge on any atom is 0.234 e. The molecule has 0 radical (unpaired) electrons. The van der Waals surface area contributed by atoms with Crippen LogP contribution in [-0.2, 0) is 17.6 Å². The van der Waals surface area contributed by atoms with Crippen LogP contribution in [0, 0.1) is 6.92 Å². The largest absolute Gasteiger partial charge is 0.325 e. The fourth-order valence-corrected chi connectivity index (χ4v) is 3.88. The smallest absolute Gasteiger partial charge is 0.234 e. The first-order valence-electron chi connectivity index (χ1n) is 8.59. The predicted molar refractivity (Wildman–Crippen MR) is 102 cm³/mol. The molecule has 1 aromatic heterocycles. The summed E-state index contributed by atoms with van der Waals surface area (Å²) < 4.78 is 1.67. The third kappa shape index (κ3) is 3.48. The number of carbonyl (C=O) groups excluding carboxylic acids is 1. The van der Waals surface area contributed by atoms with Gasteiger partial charge in [0.25, 0.3) is 0 Å². The number of carbonyl (C=O) groups is 1. The Balaban J connectivity index is 1.41. The minimum Gasteiger partial charge on any atom is -0.325 e. The molecule has 3 aromatic rings. The van der Waals surface area contributed by atoms with E-state index in [1.54, 1.807) is 4.68 Å². The van der Waals surface area contributed by atoms with Crippen molar-refractivity contribution in [2.75, 3.05) is 11.1 Å². The van der Waals surface area contributed by atoms with Crippen LogP contribution in [0.4, 0.5) is 5.69 Å². The van der Waals surface area contributed by atoms with Crippen molar-refractivity contribution in [3.63, 3.8) is 0 Å². The molecule has 0 aliphatic heterocycles. The summed E-state index contributed by atoms with van der Waals surface area (Å²) in [6, 6.07) is 14.1. The number of hydrogen-bond acceptors (Lipinski definition) is 5. The number of thioether (sulfide) groups is 1. The van der Waals surface area contributed by atoms with Crippen molar-refractivity contribution in [1.82, 2.24) is 20.2 Å². The number of para-hydroxylation sites is 1. The van der Waals surface area contributed by atoms with E-state index in [1.165, 1.54) is 29.3 Å². The monoisotopic (exact) mass is 365 g/mol. The Kier molecular flexibility index (Phi) is 4.71. The van der Waals surface area contributed by atoms with Gasteiger partial charge in [-0.1, -0.05) is 36.0 Å². The summed E-state index contributed by atoms with van der Waals surface area (Å²) in [5.74, 6) is 0.191. The quantitative estimate of drug-likeness (QED) is 0.703. The van der Waals surface area contributed by atoms with E-state index in [4.69, 9.17) is 0 Å². The number of benzene rings is 2. The summed E-state index contributed by atoms with van der Waals surface area (Å²) in [6.07, 6.45) is 3.43. The number of amides is 1. The van der Waals surface area contributed by atoms with Crippen LogP contribution < -0.4 is 5.32 Å². The zero-order valence-corrected chi connectivity index (χ0v) is 15.3. The molecule has 2 aromatic carbocycles. The van der Waals surface area contributed by atoms with E-state index in [0.717, 1.165) is 29.8 Å². The van der Waals surface area contributed by atoms with Crippen molar-refractivity contribution in [3.8, 4) is 5.69 Å². The van der Waals surface area contributed by atoms with Crippen LogP contribution in [0.3, 0.4) is 0 Å². The highest BCUT2D eigenvalue weighted by Gasteiger charge is 2.14. The average molecular weight is 365 g/mol. The third-order valence-electron chi connectivity index (χ3n) is 4.50. The van der Waals surface area contributed by atoms with Crippen molar-refractivity contribution >= 4 is 23.4 Å². The number of aromatic nitrogens is 4. The number of tetrazole rings is 1. The topological polar surface area (TPSA) is 72.7 Å². The standard InChI is InChI=1S/C19H19N5OS/c1-13-5-2-3-8-17(13)24-19(21-22-23-24)26-12-18(25)20-16-10-9-14-6-4-7-15(14)11-16/h2-3,5,8-11H,4,6-7,12H2,1H3,(H,20,25). The van der Waals surface area contributed by atoms with Gasteiger partial charge in [0.05, 0.1) is 11.4 Å². The minimum atomic E-state index is -0.0627. The summed E-state index contributed by atoms with van der Waals surface area (Å²) in [5, 5.41) is 15.4. The third-order valence-corrected chi connectivity index (χ3v) is 5.42. The lowest BCUT2D eigenvalue weighted by Crippen LogP contribution is -2.15. The average Bonchev–Trinajstić information content (AvgIpc) is 3.29. The molecule has 0 saturated carbocycles. The first-order chi connectivity index (χ1) is 12.7. The second-order valence-electron chi connectivity index (χ2n) is 6.33. The zero-order chi connectivity index (χ0) is 17.9. The van der Waals surface area contributed by atoms with Crippen molar-refractivity contribution in [2.24, 2.45) is 0 Å². The van der Waals surface area contributed by atoms with E-state index in [1.807, 2.05) is 37.3 Å². The molecule has 0 bridgehead atoms. The first kappa shape index (κ1) is 16.8. The first-order valence-corrected chi connectivity index (χ1v) is 9.58. The fourth-order valence-electron chi connectivity index (χ4n) is 3.20. The van der Waals surface area contributed by atoms with Crippen molar-refractivity contribution in [2.45, 2.75) is 31.3 Å². The number of aryl methyl sites for hydroxylation is 3. The SMILES string of the molecule is Cc1ccccc1-n1nnnc1SCC(=O)Nc1ccc2c(c1)CCC2. The van der Waals surface area contributed by atoms with Crippen LogP contribution in [0.15, 0.2) is 47.6 Å². The number of anilines is 1. The normalized spacial score (nSPS) is 12.8. The van der Waals surface area contributed by atoms with Gasteiger partial charge >= 0.3 is 0 Å². The second kappa shape index (κ2) is 7.29. The van der Waals surface area contributed by atoms with Gasteiger partial charge < -0.3 is 5.32 Å². The Morgan fingerprint density at radius 1 is 1.19 bits per heavy atom. The summed E-state index contributed by atoms with van der Waals surface area (Å²) in [7, 11) is 0. The molecule has 4 rings (SSSR count). The highest BCUT2D eigenvalue weighted by molar-refractivity contribution is 7.99. The Hall–Kier alpha value is -2.67. The maximum absolute atomic E-state index is 12.3. The van der Waals surface area contributed by atoms with Crippen LogP contribution in [0.5, 0.6) is 0 Å². The number of nitrogens with one attached hydrogen (secondary N) is 1. The maximum atomic E-state index is 12.3. The van der Waals surface area contributed by atoms with Gasteiger partial charge in [-0.2, -0.15) is 4.68 Å². The molecule has 26 heavy (non-hydrogen) atoms. The Labute approximate surface area is 156 Å². The molecule has 1 N–H and O–H groups in total. The van der Waals surface area contributed by atoms with Crippen LogP contribution in [0.2, 0.25) is 0 Å². The number of fused-ring (bicyclic) bond motifs is 1. The minimum absolute atomic E-state index is 0.0627. The zero-order valence-electron chi connectivity index (χ0n) is 14.5. The van der Waals surface area contributed by atoms with Crippen LogP contribution in [-0.4, -0.2) is 31.9 Å². The fraction of sp³-hybridized carbons (Fsp3) is 0.263. The summed E-state index contributed by atoms with van der Waals surface area (Å²) >= 11 is 1.32. The molecule has 132 valence electrons. The lowest BCUT2D eigenvalue weighted by molar-refractivity contribution is -0.113. The van der Waals surface area contributed by atoms with Crippen molar-refractivity contribution < 1.29 is 4.79 Å². The molecule has 7 heteroatoms. The van der Waals surface area contributed by atoms with E-state index in [-0.39, 0.29) is 11.7 Å². The molecular weight excluding hydrogens is 346 g/mol. The number of hydrogen-bond donors (Lipinski definition) is 1. The van der Waals surface area contributed by atoms with Crippen molar-refractivity contribution in [1.29, 1.82) is 0 Å². The molecule has 0 atom stereocenters. The van der Waals surface area contributed by atoms with Gasteiger partial charge in [0.15, 0.2) is 0 Å². The lowest BCUT2D eigenvalue weighted by atomic mass is 10.1. The Morgan fingerprint density at radius 2 is 2.04 bits per heavy atom.